The largest absolute Gasteiger partial charge is 1.00 e. The molecule has 1 saturated heterocycles. The SMILES string of the molecule is O=C(c1ccc2c3c(cccc13)C(=O)N(c1cccc(C(F)(F)F)c1)C2=O)N1CCN(Cc2ccc3c(c2)OCO3)CC1.[Cl-]. The first-order valence-corrected chi connectivity index (χ1v) is 13.7. The maximum atomic E-state index is 13.7. The normalized spacial score (nSPS) is 16.3. The van der Waals surface area contributed by atoms with Gasteiger partial charge in [-0.05, 0) is 59.5 Å². The molecular weight excluding hydrogens is 599 g/mol. The lowest BCUT2D eigenvalue weighted by molar-refractivity contribution is -0.137. The van der Waals surface area contributed by atoms with Gasteiger partial charge in [0.15, 0.2) is 11.5 Å². The van der Waals surface area contributed by atoms with Crippen LogP contribution in [-0.2, 0) is 12.7 Å². The van der Waals surface area contributed by atoms with E-state index in [-0.39, 0.29) is 41.9 Å². The van der Waals surface area contributed by atoms with Crippen molar-refractivity contribution in [1.82, 2.24) is 9.80 Å². The van der Waals surface area contributed by atoms with Gasteiger partial charge >= 0.3 is 6.18 Å². The van der Waals surface area contributed by atoms with Crippen molar-refractivity contribution in [3.63, 3.8) is 0 Å². The summed E-state index contributed by atoms with van der Waals surface area (Å²) in [5.74, 6) is -0.254. The number of piperazine rings is 1. The minimum absolute atomic E-state index is 0. The van der Waals surface area contributed by atoms with Crippen LogP contribution in [0.2, 0.25) is 0 Å². The average molecular weight is 623 g/mol. The van der Waals surface area contributed by atoms with E-state index in [0.29, 0.717) is 49.1 Å². The average Bonchev–Trinajstić information content (AvgIpc) is 3.47. The van der Waals surface area contributed by atoms with Crippen molar-refractivity contribution in [3.05, 3.63) is 101 Å². The van der Waals surface area contributed by atoms with Crippen molar-refractivity contribution < 1.29 is 49.4 Å². The molecule has 3 aliphatic heterocycles. The summed E-state index contributed by atoms with van der Waals surface area (Å²) in [5.41, 5.74) is 0.595. The van der Waals surface area contributed by atoms with E-state index in [1.807, 2.05) is 18.2 Å². The molecule has 0 aliphatic carbocycles. The van der Waals surface area contributed by atoms with Gasteiger partial charge in [-0.1, -0.05) is 24.3 Å². The van der Waals surface area contributed by atoms with E-state index >= 15 is 0 Å². The highest BCUT2D eigenvalue weighted by Gasteiger charge is 2.37. The van der Waals surface area contributed by atoms with E-state index in [1.54, 1.807) is 23.1 Å². The molecular formula is C32H24ClF3N3O5-. The number of halogens is 4. The monoisotopic (exact) mass is 622 g/mol. The van der Waals surface area contributed by atoms with Crippen LogP contribution < -0.4 is 26.8 Å². The lowest BCUT2D eigenvalue weighted by Gasteiger charge is -2.35. The number of carbonyl (C=O) groups excluding carboxylic acids is 3. The van der Waals surface area contributed by atoms with Crippen LogP contribution in [0.1, 0.15) is 42.2 Å². The van der Waals surface area contributed by atoms with Gasteiger partial charge in [-0.15, -0.1) is 0 Å². The molecule has 4 aromatic carbocycles. The number of amides is 3. The number of hydrogen-bond donors (Lipinski definition) is 0. The molecule has 0 saturated carbocycles. The number of alkyl halides is 3. The molecule has 3 aliphatic rings. The summed E-state index contributed by atoms with van der Waals surface area (Å²) >= 11 is 0. The second kappa shape index (κ2) is 11.1. The van der Waals surface area contributed by atoms with E-state index in [1.165, 1.54) is 18.2 Å². The molecule has 1 fully saturated rings. The number of benzene rings is 4. The molecule has 0 atom stereocenters. The van der Waals surface area contributed by atoms with Crippen LogP contribution in [0.4, 0.5) is 18.9 Å². The molecule has 0 aromatic heterocycles. The predicted molar refractivity (Wildman–Crippen MR) is 150 cm³/mol. The van der Waals surface area contributed by atoms with E-state index in [2.05, 4.69) is 4.90 Å². The third kappa shape index (κ3) is 5.01. The molecule has 8 nitrogen and oxygen atoms in total. The Kier molecular flexibility index (Phi) is 7.46. The second-order valence-corrected chi connectivity index (χ2v) is 10.6. The number of nitrogens with zero attached hydrogens (tertiary/aromatic N) is 3. The van der Waals surface area contributed by atoms with Gasteiger partial charge in [-0.25, -0.2) is 4.90 Å². The summed E-state index contributed by atoms with van der Waals surface area (Å²) in [6.45, 7) is 3.22. The number of anilines is 1. The van der Waals surface area contributed by atoms with E-state index in [0.717, 1.165) is 40.2 Å². The van der Waals surface area contributed by atoms with E-state index < -0.39 is 23.6 Å². The maximum absolute atomic E-state index is 13.7. The molecule has 3 amide bonds. The molecule has 0 N–H and O–H groups in total. The molecule has 44 heavy (non-hydrogen) atoms. The number of ether oxygens (including phenoxy) is 2. The summed E-state index contributed by atoms with van der Waals surface area (Å²) in [6.07, 6.45) is -4.64. The van der Waals surface area contributed by atoms with Crippen LogP contribution in [0.3, 0.4) is 0 Å². The first-order valence-electron chi connectivity index (χ1n) is 13.7. The van der Waals surface area contributed by atoms with Gasteiger partial charge in [0.1, 0.15) is 0 Å². The maximum Gasteiger partial charge on any atom is 0.416 e. The van der Waals surface area contributed by atoms with Gasteiger partial charge in [0.05, 0.1) is 11.3 Å². The molecule has 7 rings (SSSR count). The van der Waals surface area contributed by atoms with Crippen LogP contribution in [0, 0.1) is 0 Å². The van der Waals surface area contributed by atoms with Gasteiger partial charge in [-0.2, -0.15) is 13.2 Å². The van der Waals surface area contributed by atoms with Crippen molar-refractivity contribution in [3.8, 4) is 11.5 Å². The van der Waals surface area contributed by atoms with Crippen molar-refractivity contribution in [1.29, 1.82) is 0 Å². The minimum Gasteiger partial charge on any atom is -1.00 e. The van der Waals surface area contributed by atoms with Crippen molar-refractivity contribution >= 4 is 34.2 Å². The van der Waals surface area contributed by atoms with E-state index in [9.17, 15) is 27.6 Å². The molecule has 0 spiro atoms. The fraction of sp³-hybridized carbons (Fsp3) is 0.219. The highest BCUT2D eigenvalue weighted by Crippen LogP contribution is 2.37. The molecule has 12 heteroatoms. The van der Waals surface area contributed by atoms with E-state index in [4.69, 9.17) is 9.47 Å². The summed E-state index contributed by atoms with van der Waals surface area (Å²) in [5, 5.41) is 0.779. The Balaban J connectivity index is 0.00000343. The molecule has 3 heterocycles. The zero-order chi connectivity index (χ0) is 29.9. The lowest BCUT2D eigenvalue weighted by Crippen LogP contribution is -3.00. The standard InChI is InChI=1S/C32H24F3N3O5.ClH/c33-32(34,35)20-3-1-4-21(16-20)38-30(40)24-6-2-5-22-23(8-9-25(28(22)24)31(38)41)29(39)37-13-11-36(12-14-37)17-19-7-10-26-27(15-19)43-18-42-26;/h1-10,15-16H,11-14,17-18H2;1H/p-1. The summed E-state index contributed by atoms with van der Waals surface area (Å²) < 4.78 is 50.9. The smallest absolute Gasteiger partial charge is 0.416 e. The Bertz CT molecular complexity index is 1800. The van der Waals surface area contributed by atoms with Crippen LogP contribution in [0.25, 0.3) is 10.8 Å². The summed E-state index contributed by atoms with van der Waals surface area (Å²) in [7, 11) is 0. The van der Waals surface area contributed by atoms with Crippen molar-refractivity contribution in [2.24, 2.45) is 0 Å². The molecule has 0 bridgehead atoms. The fourth-order valence-electron chi connectivity index (χ4n) is 5.92. The van der Waals surface area contributed by atoms with Gasteiger partial charge in [0.25, 0.3) is 17.7 Å². The third-order valence-electron chi connectivity index (χ3n) is 8.07. The van der Waals surface area contributed by atoms with Crippen molar-refractivity contribution in [2.75, 3.05) is 37.9 Å². The topological polar surface area (TPSA) is 79.4 Å². The molecule has 0 unspecified atom stereocenters. The van der Waals surface area contributed by atoms with Crippen LogP contribution >= 0.6 is 0 Å². The Morgan fingerprint density at radius 3 is 2.25 bits per heavy atom. The fourth-order valence-corrected chi connectivity index (χ4v) is 5.92. The second-order valence-electron chi connectivity index (χ2n) is 10.6. The summed E-state index contributed by atoms with van der Waals surface area (Å²) in [6, 6.07) is 17.8. The molecule has 4 aromatic rings. The van der Waals surface area contributed by atoms with Crippen LogP contribution in [0.5, 0.6) is 11.5 Å². The number of fused-ring (bicyclic) bond motifs is 1. The quantitative estimate of drug-likeness (QED) is 0.325. The number of hydrogen-bond acceptors (Lipinski definition) is 6. The zero-order valence-corrected chi connectivity index (χ0v) is 23.8. The Morgan fingerprint density at radius 2 is 1.50 bits per heavy atom. The minimum atomic E-state index is -4.64. The van der Waals surface area contributed by atoms with Crippen molar-refractivity contribution in [2.45, 2.75) is 12.7 Å². The lowest BCUT2D eigenvalue weighted by atomic mass is 9.90. The molecule has 226 valence electrons. The van der Waals surface area contributed by atoms with Gasteiger partial charge in [0, 0.05) is 54.8 Å². The van der Waals surface area contributed by atoms with Crippen LogP contribution in [0.15, 0.2) is 72.8 Å². The predicted octanol–water partition coefficient (Wildman–Crippen LogP) is 2.35. The molecule has 0 radical (unpaired) electrons. The zero-order valence-electron chi connectivity index (χ0n) is 23.1. The number of imide groups is 1. The Morgan fingerprint density at radius 1 is 0.795 bits per heavy atom. The first kappa shape index (κ1) is 29.5. The summed E-state index contributed by atoms with van der Waals surface area (Å²) in [4.78, 5) is 45.5. The van der Waals surface area contributed by atoms with Gasteiger partial charge < -0.3 is 26.8 Å². The highest BCUT2D eigenvalue weighted by molar-refractivity contribution is 6.36. The van der Waals surface area contributed by atoms with Gasteiger partial charge in [0.2, 0.25) is 6.79 Å². The van der Waals surface area contributed by atoms with Crippen LogP contribution in [-0.4, -0.2) is 60.5 Å². The number of carbonyl (C=O) groups is 3. The number of rotatable bonds is 4. The first-order chi connectivity index (χ1) is 20.7. The Labute approximate surface area is 256 Å². The van der Waals surface area contributed by atoms with Gasteiger partial charge in [-0.3, -0.25) is 19.3 Å². The highest BCUT2D eigenvalue weighted by atomic mass is 35.5. The third-order valence-corrected chi connectivity index (χ3v) is 8.07. The Hall–Kier alpha value is -4.61.